The summed E-state index contributed by atoms with van der Waals surface area (Å²) in [5, 5.41) is 5.00. The van der Waals surface area contributed by atoms with E-state index in [-0.39, 0.29) is 17.6 Å². The summed E-state index contributed by atoms with van der Waals surface area (Å²) < 4.78 is 1.64. The van der Waals surface area contributed by atoms with Crippen LogP contribution in [0.15, 0.2) is 34.2 Å². The lowest BCUT2D eigenvalue weighted by Crippen LogP contribution is -2.59. The van der Waals surface area contributed by atoms with Gasteiger partial charge >= 0.3 is 11.3 Å². The van der Waals surface area contributed by atoms with E-state index in [4.69, 9.17) is 0 Å². The van der Waals surface area contributed by atoms with Crippen molar-refractivity contribution < 1.29 is 9.48 Å². The van der Waals surface area contributed by atoms with Crippen LogP contribution in [-0.4, -0.2) is 22.2 Å². The molecule has 3 rings (SSSR count). The molecule has 1 aromatic heterocycles. The monoisotopic (exact) mass is 317 g/mol. The number of H-pyrrole nitrogens is 1. The number of nitrogens with one attached hydrogen (secondary N) is 1. The molecule has 2 aromatic rings. The summed E-state index contributed by atoms with van der Waals surface area (Å²) in [7, 11) is 0. The summed E-state index contributed by atoms with van der Waals surface area (Å²) in [4.78, 5) is 29.3. The van der Waals surface area contributed by atoms with Gasteiger partial charge in [-0.3, -0.25) is 19.5 Å². The molecule has 114 valence electrons. The predicted molar refractivity (Wildman–Crippen MR) is 84.8 cm³/mol. The maximum atomic E-state index is 12.5. The van der Waals surface area contributed by atoms with Crippen molar-refractivity contribution in [2.75, 3.05) is 11.2 Å². The number of aromatic nitrogens is 3. The number of hydrogen-bond donors (Lipinski definition) is 1. The summed E-state index contributed by atoms with van der Waals surface area (Å²) in [5.41, 5.74) is 1.78. The fourth-order valence-electron chi connectivity index (χ4n) is 2.75. The van der Waals surface area contributed by atoms with Gasteiger partial charge in [0, 0.05) is 18.4 Å². The maximum Gasteiger partial charge on any atom is 0.325 e. The van der Waals surface area contributed by atoms with E-state index in [0.29, 0.717) is 17.3 Å². The number of nitrogens with zero attached hydrogens (tertiary/aromatic N) is 3. The van der Waals surface area contributed by atoms with Gasteiger partial charge in [-0.25, -0.2) is 0 Å². The molecule has 0 bridgehead atoms. The molecule has 1 amide bonds. The molecule has 6 nitrogen and oxygen atoms in total. The van der Waals surface area contributed by atoms with E-state index in [1.165, 1.54) is 11.8 Å². The number of anilines is 1. The molecule has 0 saturated heterocycles. The quantitative estimate of drug-likeness (QED) is 0.676. The molecular formula is C15H17N4O2S+. The number of thioether (sulfide) groups is 1. The number of benzene rings is 1. The van der Waals surface area contributed by atoms with Crippen LogP contribution >= 0.6 is 11.8 Å². The van der Waals surface area contributed by atoms with Gasteiger partial charge in [-0.2, -0.15) is 0 Å². The third-order valence-electron chi connectivity index (χ3n) is 3.77. The fourth-order valence-corrected chi connectivity index (χ4v) is 3.11. The number of hydrogen-bond acceptors (Lipinski definition) is 4. The van der Waals surface area contributed by atoms with Crippen LogP contribution in [-0.2, 0) is 4.79 Å². The fraction of sp³-hybridized carbons (Fsp3) is 0.333. The van der Waals surface area contributed by atoms with Gasteiger partial charge in [0.25, 0.3) is 6.17 Å². The molecule has 0 spiro atoms. The Bertz CT molecular complexity index is 802. The largest absolute Gasteiger partial charge is 0.325 e. The first-order valence-corrected chi connectivity index (χ1v) is 8.32. The van der Waals surface area contributed by atoms with E-state index in [1.54, 1.807) is 9.58 Å². The van der Waals surface area contributed by atoms with Crippen molar-refractivity contribution in [2.45, 2.75) is 31.6 Å². The molecule has 1 aliphatic heterocycles. The van der Waals surface area contributed by atoms with E-state index in [9.17, 15) is 9.59 Å². The Balaban J connectivity index is 2.33. The van der Waals surface area contributed by atoms with Gasteiger partial charge in [-0.05, 0) is 18.4 Å². The molecule has 2 heterocycles. The minimum absolute atomic E-state index is 0.00545. The van der Waals surface area contributed by atoms with E-state index < -0.39 is 0 Å². The van der Waals surface area contributed by atoms with Crippen molar-refractivity contribution in [1.29, 1.82) is 0 Å². The summed E-state index contributed by atoms with van der Waals surface area (Å²) in [6.07, 6.45) is 1.90. The second kappa shape index (κ2) is 5.57. The number of aromatic amines is 1. The highest BCUT2D eigenvalue weighted by Crippen LogP contribution is 2.34. The molecule has 0 saturated carbocycles. The average molecular weight is 317 g/mol. The van der Waals surface area contributed by atoms with E-state index in [0.717, 1.165) is 11.3 Å². The third kappa shape index (κ3) is 2.12. The smallest absolute Gasteiger partial charge is 0.291 e. The number of fused-ring (bicyclic) bond motifs is 3. The van der Waals surface area contributed by atoms with Crippen molar-refractivity contribution in [1.82, 2.24) is 10.1 Å². The molecule has 1 aromatic carbocycles. The SMILES string of the molecule is CCC(=O)N1c2ccccc2-c2c(=O)[nH]c(SC)n[n+]2[C@@H]1C. The first kappa shape index (κ1) is 14.8. The highest BCUT2D eigenvalue weighted by molar-refractivity contribution is 7.98. The number of amides is 1. The summed E-state index contributed by atoms with van der Waals surface area (Å²) in [6, 6.07) is 7.44. The Morgan fingerprint density at radius 3 is 2.86 bits per heavy atom. The van der Waals surface area contributed by atoms with Gasteiger partial charge in [-0.1, -0.05) is 35.5 Å². The van der Waals surface area contributed by atoms with Gasteiger partial charge in [-0.15, -0.1) is 0 Å². The maximum absolute atomic E-state index is 12.5. The molecule has 0 radical (unpaired) electrons. The molecule has 1 N–H and O–H groups in total. The van der Waals surface area contributed by atoms with Gasteiger partial charge in [0.15, 0.2) is 0 Å². The first-order chi connectivity index (χ1) is 10.6. The summed E-state index contributed by atoms with van der Waals surface area (Å²) in [6.45, 7) is 3.71. The molecule has 22 heavy (non-hydrogen) atoms. The van der Waals surface area contributed by atoms with Gasteiger partial charge in [0.2, 0.25) is 11.1 Å². The lowest BCUT2D eigenvalue weighted by Gasteiger charge is -2.29. The number of carbonyl (C=O) groups is 1. The van der Waals surface area contributed by atoms with Crippen molar-refractivity contribution in [3.05, 3.63) is 34.6 Å². The van der Waals surface area contributed by atoms with Crippen LogP contribution in [0, 0.1) is 0 Å². The predicted octanol–water partition coefficient (Wildman–Crippen LogP) is 1.72. The van der Waals surface area contributed by atoms with Crippen LogP contribution in [0.25, 0.3) is 11.3 Å². The molecular weight excluding hydrogens is 300 g/mol. The molecule has 1 aliphatic rings. The molecule has 7 heteroatoms. The average Bonchev–Trinajstić information content (AvgIpc) is 2.54. The molecule has 0 fully saturated rings. The highest BCUT2D eigenvalue weighted by atomic mass is 32.2. The molecule has 0 unspecified atom stereocenters. The Morgan fingerprint density at radius 1 is 1.45 bits per heavy atom. The van der Waals surface area contributed by atoms with E-state index in [2.05, 4.69) is 10.1 Å². The van der Waals surface area contributed by atoms with Crippen LogP contribution < -0.4 is 15.1 Å². The Hall–Kier alpha value is -2.15. The molecule has 0 aliphatic carbocycles. The van der Waals surface area contributed by atoms with Crippen LogP contribution in [0.3, 0.4) is 0 Å². The number of para-hydroxylation sites is 1. The topological polar surface area (TPSA) is 69.9 Å². The Labute approximate surface area is 132 Å². The van der Waals surface area contributed by atoms with Crippen molar-refractivity contribution in [3.8, 4) is 11.3 Å². The number of rotatable bonds is 2. The normalized spacial score (nSPS) is 16.1. The lowest BCUT2D eigenvalue weighted by atomic mass is 10.0. The summed E-state index contributed by atoms with van der Waals surface area (Å²) in [5.74, 6) is 0.00545. The Morgan fingerprint density at radius 2 is 2.18 bits per heavy atom. The van der Waals surface area contributed by atoms with E-state index in [1.807, 2.05) is 44.4 Å². The Kier molecular flexibility index (Phi) is 3.74. The minimum atomic E-state index is -0.342. The molecule has 1 atom stereocenters. The first-order valence-electron chi connectivity index (χ1n) is 7.10. The van der Waals surface area contributed by atoms with Crippen LogP contribution in [0.4, 0.5) is 5.69 Å². The zero-order valence-electron chi connectivity index (χ0n) is 12.7. The highest BCUT2D eigenvalue weighted by Gasteiger charge is 2.41. The summed E-state index contributed by atoms with van der Waals surface area (Å²) >= 11 is 1.36. The van der Waals surface area contributed by atoms with Crippen LogP contribution in [0.5, 0.6) is 0 Å². The van der Waals surface area contributed by atoms with Crippen molar-refractivity contribution in [3.63, 3.8) is 0 Å². The number of carbonyl (C=O) groups excluding carboxylic acids is 1. The van der Waals surface area contributed by atoms with Crippen LogP contribution in [0.1, 0.15) is 26.4 Å². The zero-order valence-corrected chi connectivity index (χ0v) is 13.5. The second-order valence-electron chi connectivity index (χ2n) is 5.02. The lowest BCUT2D eigenvalue weighted by molar-refractivity contribution is -0.768. The standard InChI is InChI=1S/C15H16N4O2S/c1-4-12(20)18-9(2)19-13(10-7-5-6-8-11(10)18)14(21)16-15(17-19)22-3/h5-9H,4H2,1-3H3/p+1/t9-/m1/s1. The van der Waals surface area contributed by atoms with Gasteiger partial charge < -0.3 is 0 Å². The van der Waals surface area contributed by atoms with Crippen LogP contribution in [0.2, 0.25) is 0 Å². The van der Waals surface area contributed by atoms with Crippen molar-refractivity contribution in [2.24, 2.45) is 0 Å². The van der Waals surface area contributed by atoms with Gasteiger partial charge in [0.1, 0.15) is 0 Å². The third-order valence-corrected chi connectivity index (χ3v) is 4.34. The zero-order chi connectivity index (χ0) is 15.9. The minimum Gasteiger partial charge on any atom is -0.291 e. The van der Waals surface area contributed by atoms with Crippen molar-refractivity contribution >= 4 is 23.4 Å². The van der Waals surface area contributed by atoms with E-state index >= 15 is 0 Å². The van der Waals surface area contributed by atoms with Gasteiger partial charge in [0.05, 0.1) is 11.3 Å². The second-order valence-corrected chi connectivity index (χ2v) is 5.82.